The largest absolute Gasteiger partial charge is 0.497 e. The Bertz CT molecular complexity index is 621. The number of amides is 1. The molecule has 0 atom stereocenters. The number of anilines is 1. The van der Waals surface area contributed by atoms with Crippen molar-refractivity contribution in [3.8, 4) is 5.75 Å². The highest BCUT2D eigenvalue weighted by molar-refractivity contribution is 5.95. The van der Waals surface area contributed by atoms with E-state index >= 15 is 0 Å². The predicted octanol–water partition coefficient (Wildman–Crippen LogP) is 2.04. The van der Waals surface area contributed by atoms with Crippen LogP contribution in [0.3, 0.4) is 0 Å². The third-order valence-electron chi connectivity index (χ3n) is 2.64. The van der Waals surface area contributed by atoms with Crippen molar-refractivity contribution in [3.05, 3.63) is 59.7 Å². The standard InChI is InChI=1S/C15H15N3O2/c1-20-14-7-5-11(6-8-14)10-17-18-15(19)12-3-2-4-13(16)9-12/h2-10H,16H2,1H3,(H,18,19)/b17-10-. The fourth-order valence-electron chi connectivity index (χ4n) is 1.60. The van der Waals surface area contributed by atoms with Crippen molar-refractivity contribution >= 4 is 17.8 Å². The number of hydrogen-bond donors (Lipinski definition) is 2. The van der Waals surface area contributed by atoms with E-state index in [9.17, 15) is 4.79 Å². The quantitative estimate of drug-likeness (QED) is 0.506. The van der Waals surface area contributed by atoms with E-state index in [1.165, 1.54) is 0 Å². The van der Waals surface area contributed by atoms with Crippen LogP contribution in [0, 0.1) is 0 Å². The van der Waals surface area contributed by atoms with Crippen molar-refractivity contribution in [2.45, 2.75) is 0 Å². The molecule has 0 heterocycles. The summed E-state index contributed by atoms with van der Waals surface area (Å²) in [6, 6.07) is 14.0. The lowest BCUT2D eigenvalue weighted by atomic mass is 10.2. The third kappa shape index (κ3) is 3.58. The maximum atomic E-state index is 11.8. The van der Waals surface area contributed by atoms with Crippen LogP contribution in [-0.4, -0.2) is 19.2 Å². The molecule has 0 unspecified atom stereocenters. The molecule has 0 aliphatic carbocycles. The van der Waals surface area contributed by atoms with Gasteiger partial charge in [0.1, 0.15) is 5.75 Å². The second kappa shape index (κ2) is 6.38. The van der Waals surface area contributed by atoms with E-state index in [0.717, 1.165) is 11.3 Å². The van der Waals surface area contributed by atoms with Gasteiger partial charge in [-0.25, -0.2) is 5.43 Å². The molecule has 0 radical (unpaired) electrons. The molecule has 102 valence electrons. The van der Waals surface area contributed by atoms with Crippen molar-refractivity contribution in [1.29, 1.82) is 0 Å². The Kier molecular flexibility index (Phi) is 4.34. The SMILES string of the molecule is COc1ccc(/C=N\NC(=O)c2cccc(N)c2)cc1. The molecule has 0 saturated carbocycles. The molecule has 0 fully saturated rings. The molecular weight excluding hydrogens is 254 g/mol. The topological polar surface area (TPSA) is 76.7 Å². The summed E-state index contributed by atoms with van der Waals surface area (Å²) in [7, 11) is 1.61. The molecule has 2 rings (SSSR count). The van der Waals surface area contributed by atoms with Crippen molar-refractivity contribution in [2.75, 3.05) is 12.8 Å². The monoisotopic (exact) mass is 269 g/mol. The third-order valence-corrected chi connectivity index (χ3v) is 2.64. The Morgan fingerprint density at radius 1 is 1.25 bits per heavy atom. The fraction of sp³-hybridized carbons (Fsp3) is 0.0667. The molecular formula is C15H15N3O2. The van der Waals surface area contributed by atoms with Crippen LogP contribution in [0.5, 0.6) is 5.75 Å². The molecule has 1 amide bonds. The number of nitrogens with one attached hydrogen (secondary N) is 1. The van der Waals surface area contributed by atoms with Crippen molar-refractivity contribution in [1.82, 2.24) is 5.43 Å². The Hall–Kier alpha value is -2.82. The molecule has 0 bridgehead atoms. The lowest BCUT2D eigenvalue weighted by Crippen LogP contribution is -2.17. The zero-order valence-corrected chi connectivity index (χ0v) is 11.0. The first-order valence-electron chi connectivity index (χ1n) is 6.02. The van der Waals surface area contributed by atoms with Crippen LogP contribution in [0.2, 0.25) is 0 Å². The van der Waals surface area contributed by atoms with Gasteiger partial charge in [0, 0.05) is 11.3 Å². The van der Waals surface area contributed by atoms with Gasteiger partial charge in [0.2, 0.25) is 0 Å². The Balaban J connectivity index is 1.97. The van der Waals surface area contributed by atoms with Gasteiger partial charge < -0.3 is 10.5 Å². The first kappa shape index (κ1) is 13.6. The number of nitrogen functional groups attached to an aromatic ring is 1. The molecule has 3 N–H and O–H groups in total. The summed E-state index contributed by atoms with van der Waals surface area (Å²) in [5, 5.41) is 3.90. The van der Waals surface area contributed by atoms with Gasteiger partial charge in [-0.2, -0.15) is 5.10 Å². The number of carbonyl (C=O) groups is 1. The highest BCUT2D eigenvalue weighted by Gasteiger charge is 2.03. The highest BCUT2D eigenvalue weighted by atomic mass is 16.5. The lowest BCUT2D eigenvalue weighted by molar-refractivity contribution is 0.0955. The minimum Gasteiger partial charge on any atom is -0.497 e. The van der Waals surface area contributed by atoms with Gasteiger partial charge >= 0.3 is 0 Å². The number of methoxy groups -OCH3 is 1. The van der Waals surface area contributed by atoms with E-state index in [2.05, 4.69) is 10.5 Å². The first-order chi connectivity index (χ1) is 9.69. The zero-order valence-electron chi connectivity index (χ0n) is 11.0. The molecule has 0 spiro atoms. The van der Waals surface area contributed by atoms with Crippen LogP contribution < -0.4 is 15.9 Å². The number of rotatable bonds is 4. The molecule has 5 nitrogen and oxygen atoms in total. The summed E-state index contributed by atoms with van der Waals surface area (Å²) in [4.78, 5) is 11.8. The molecule has 2 aromatic carbocycles. The minimum absolute atomic E-state index is 0.304. The second-order valence-electron chi connectivity index (χ2n) is 4.10. The normalized spacial score (nSPS) is 10.4. The smallest absolute Gasteiger partial charge is 0.271 e. The van der Waals surface area contributed by atoms with Crippen LogP contribution in [0.4, 0.5) is 5.69 Å². The van der Waals surface area contributed by atoms with Gasteiger partial charge in [-0.05, 0) is 48.0 Å². The van der Waals surface area contributed by atoms with Crippen LogP contribution in [-0.2, 0) is 0 Å². The number of nitrogens with two attached hydrogens (primary N) is 1. The summed E-state index contributed by atoms with van der Waals surface area (Å²) in [5.74, 6) is 0.466. The van der Waals surface area contributed by atoms with E-state index in [-0.39, 0.29) is 5.91 Å². The molecule has 0 aliphatic rings. The second-order valence-corrected chi connectivity index (χ2v) is 4.10. The van der Waals surface area contributed by atoms with Crippen molar-refractivity contribution in [2.24, 2.45) is 5.10 Å². The number of benzene rings is 2. The molecule has 20 heavy (non-hydrogen) atoms. The number of carbonyl (C=O) groups excluding carboxylic acids is 1. The van der Waals surface area contributed by atoms with Crippen molar-refractivity contribution in [3.63, 3.8) is 0 Å². The van der Waals surface area contributed by atoms with E-state index < -0.39 is 0 Å². The Labute approximate surface area is 117 Å². The molecule has 2 aromatic rings. The molecule has 5 heteroatoms. The maximum Gasteiger partial charge on any atom is 0.271 e. The first-order valence-corrected chi connectivity index (χ1v) is 6.02. The van der Waals surface area contributed by atoms with Crippen LogP contribution in [0.25, 0.3) is 0 Å². The zero-order chi connectivity index (χ0) is 14.4. The lowest BCUT2D eigenvalue weighted by Gasteiger charge is -2.01. The summed E-state index contributed by atoms with van der Waals surface area (Å²) in [5.41, 5.74) is 9.93. The molecule has 0 aromatic heterocycles. The number of hydrazone groups is 1. The summed E-state index contributed by atoms with van der Waals surface area (Å²) < 4.78 is 5.05. The van der Waals surface area contributed by atoms with Gasteiger partial charge in [0.05, 0.1) is 13.3 Å². The molecule has 0 saturated heterocycles. The highest BCUT2D eigenvalue weighted by Crippen LogP contribution is 2.09. The van der Waals surface area contributed by atoms with Gasteiger partial charge in [0.25, 0.3) is 5.91 Å². The van der Waals surface area contributed by atoms with E-state index in [1.807, 2.05) is 24.3 Å². The summed E-state index contributed by atoms with van der Waals surface area (Å²) in [6.45, 7) is 0. The van der Waals surface area contributed by atoms with Gasteiger partial charge in [-0.1, -0.05) is 6.07 Å². The van der Waals surface area contributed by atoms with Gasteiger partial charge in [-0.15, -0.1) is 0 Å². The number of hydrogen-bond acceptors (Lipinski definition) is 4. The van der Waals surface area contributed by atoms with E-state index in [1.54, 1.807) is 37.6 Å². The van der Waals surface area contributed by atoms with E-state index in [0.29, 0.717) is 11.3 Å². The van der Waals surface area contributed by atoms with Crippen LogP contribution in [0.1, 0.15) is 15.9 Å². The average Bonchev–Trinajstić information content (AvgIpc) is 2.48. The minimum atomic E-state index is -0.304. The predicted molar refractivity (Wildman–Crippen MR) is 78.9 cm³/mol. The van der Waals surface area contributed by atoms with Gasteiger partial charge in [-0.3, -0.25) is 4.79 Å². The van der Waals surface area contributed by atoms with Crippen LogP contribution >= 0.6 is 0 Å². The average molecular weight is 269 g/mol. The molecule has 0 aliphatic heterocycles. The van der Waals surface area contributed by atoms with Crippen molar-refractivity contribution < 1.29 is 9.53 Å². The number of ether oxygens (including phenoxy) is 1. The maximum absolute atomic E-state index is 11.8. The Morgan fingerprint density at radius 2 is 2.00 bits per heavy atom. The number of nitrogens with zero attached hydrogens (tertiary/aromatic N) is 1. The van der Waals surface area contributed by atoms with Crippen LogP contribution in [0.15, 0.2) is 53.6 Å². The summed E-state index contributed by atoms with van der Waals surface area (Å²) in [6.07, 6.45) is 1.56. The fourth-order valence-corrected chi connectivity index (χ4v) is 1.60. The summed E-state index contributed by atoms with van der Waals surface area (Å²) >= 11 is 0. The van der Waals surface area contributed by atoms with Gasteiger partial charge in [0.15, 0.2) is 0 Å². The Morgan fingerprint density at radius 3 is 2.65 bits per heavy atom. The van der Waals surface area contributed by atoms with E-state index in [4.69, 9.17) is 10.5 Å².